The van der Waals surface area contributed by atoms with Crippen molar-refractivity contribution in [3.63, 3.8) is 0 Å². The molecule has 0 aliphatic heterocycles. The number of aromatic amines is 1. The average Bonchev–Trinajstić information content (AvgIpc) is 3.11. The van der Waals surface area contributed by atoms with Gasteiger partial charge in [0, 0.05) is 24.9 Å². The van der Waals surface area contributed by atoms with Crippen molar-refractivity contribution < 1.29 is 14.7 Å². The number of hydrogen-bond acceptors (Lipinski definition) is 3. The smallest absolute Gasteiger partial charge is 0.326 e. The van der Waals surface area contributed by atoms with Crippen molar-refractivity contribution >= 4 is 12.0 Å². The Morgan fingerprint density at radius 1 is 1.62 bits per heavy atom. The maximum atomic E-state index is 12.2. The predicted octanol–water partition coefficient (Wildman–Crippen LogP) is 0.460. The minimum absolute atomic E-state index is 0.147. The molecule has 2 amide bonds. The monoisotopic (exact) mass is 290 g/mol. The molecule has 1 saturated carbocycles. The van der Waals surface area contributed by atoms with Crippen molar-refractivity contribution in [1.82, 2.24) is 20.2 Å². The highest BCUT2D eigenvalue weighted by Gasteiger charge is 2.28. The second-order valence-corrected chi connectivity index (χ2v) is 5.15. The van der Waals surface area contributed by atoms with Crippen molar-refractivity contribution in [3.05, 3.63) is 18.2 Å². The zero-order valence-electron chi connectivity index (χ0n) is 11.6. The Kier molecular flexibility index (Phi) is 4.82. The average molecular weight is 290 g/mol. The largest absolute Gasteiger partial charge is 0.480 e. The zero-order valence-corrected chi connectivity index (χ0v) is 11.6. The quantitative estimate of drug-likeness (QED) is 0.635. The Morgan fingerprint density at radius 2 is 2.38 bits per heavy atom. The normalized spacial score (nSPS) is 15.0. The van der Waals surface area contributed by atoms with Gasteiger partial charge in [-0.3, -0.25) is 0 Å². The highest BCUT2D eigenvalue weighted by Crippen LogP contribution is 2.29. The summed E-state index contributed by atoms with van der Waals surface area (Å²) in [5, 5.41) is 11.7. The van der Waals surface area contributed by atoms with Crippen LogP contribution in [0.4, 0.5) is 4.79 Å². The maximum absolute atomic E-state index is 12.2. The summed E-state index contributed by atoms with van der Waals surface area (Å²) in [6.45, 7) is 0.755. The fourth-order valence-corrected chi connectivity index (χ4v) is 2.00. The van der Waals surface area contributed by atoms with Gasteiger partial charge in [-0.15, -0.1) is 6.42 Å². The number of nitrogens with zero attached hydrogens (tertiary/aromatic N) is 2. The van der Waals surface area contributed by atoms with Crippen LogP contribution in [0.5, 0.6) is 0 Å². The minimum atomic E-state index is -1.09. The van der Waals surface area contributed by atoms with Gasteiger partial charge in [-0.05, 0) is 18.8 Å². The summed E-state index contributed by atoms with van der Waals surface area (Å²) in [5.41, 5.74) is 0.647. The number of amides is 2. The number of terminal acetylenes is 1. The fraction of sp³-hybridized carbons (Fsp3) is 0.500. The van der Waals surface area contributed by atoms with Crippen LogP contribution < -0.4 is 5.32 Å². The number of H-pyrrole nitrogens is 1. The van der Waals surface area contributed by atoms with Gasteiger partial charge in [-0.1, -0.05) is 5.92 Å². The number of nitrogens with one attached hydrogen (secondary N) is 2. The second-order valence-electron chi connectivity index (χ2n) is 5.15. The standard InChI is InChI=1S/C14H18N4O3/c1-2-5-18(8-10-3-4-10)14(21)17-12(13(19)20)6-11-7-15-9-16-11/h1,7,9-10,12H,3-6,8H2,(H,15,16)(H,17,21)(H,19,20). The zero-order chi connectivity index (χ0) is 15.2. The first kappa shape index (κ1) is 14.9. The summed E-state index contributed by atoms with van der Waals surface area (Å²) in [4.78, 5) is 31.6. The van der Waals surface area contributed by atoms with E-state index in [0.29, 0.717) is 18.2 Å². The number of urea groups is 1. The molecule has 3 N–H and O–H groups in total. The molecule has 0 radical (unpaired) electrons. The van der Waals surface area contributed by atoms with E-state index < -0.39 is 18.0 Å². The molecule has 0 saturated heterocycles. The van der Waals surface area contributed by atoms with E-state index in [0.717, 1.165) is 12.8 Å². The molecule has 1 aliphatic rings. The van der Waals surface area contributed by atoms with E-state index in [4.69, 9.17) is 6.42 Å². The number of carbonyl (C=O) groups excluding carboxylic acids is 1. The highest BCUT2D eigenvalue weighted by atomic mass is 16.4. The Balaban J connectivity index is 1.95. The second kappa shape index (κ2) is 6.79. The molecular weight excluding hydrogens is 272 g/mol. The van der Waals surface area contributed by atoms with Crippen LogP contribution in [0.3, 0.4) is 0 Å². The number of hydrogen-bond donors (Lipinski definition) is 3. The van der Waals surface area contributed by atoms with Crippen LogP contribution in [0, 0.1) is 18.3 Å². The van der Waals surface area contributed by atoms with Crippen molar-refractivity contribution in [1.29, 1.82) is 0 Å². The number of carbonyl (C=O) groups is 2. The van der Waals surface area contributed by atoms with Crippen molar-refractivity contribution in [3.8, 4) is 12.3 Å². The molecule has 1 atom stereocenters. The Morgan fingerprint density at radius 3 is 2.90 bits per heavy atom. The SMILES string of the molecule is C#CCN(CC1CC1)C(=O)NC(Cc1cnc[nH]1)C(=O)O. The van der Waals surface area contributed by atoms with Crippen molar-refractivity contribution in [2.75, 3.05) is 13.1 Å². The van der Waals surface area contributed by atoms with Crippen LogP contribution in [0.25, 0.3) is 0 Å². The maximum Gasteiger partial charge on any atom is 0.326 e. The Labute approximate surface area is 122 Å². The predicted molar refractivity (Wildman–Crippen MR) is 75.4 cm³/mol. The lowest BCUT2D eigenvalue weighted by molar-refractivity contribution is -0.139. The van der Waals surface area contributed by atoms with Crippen LogP contribution in [0.15, 0.2) is 12.5 Å². The number of aliphatic carboxylic acids is 1. The molecule has 7 nitrogen and oxygen atoms in total. The molecule has 1 aromatic heterocycles. The van der Waals surface area contributed by atoms with E-state index >= 15 is 0 Å². The first-order valence-corrected chi connectivity index (χ1v) is 6.79. The Hall–Kier alpha value is -2.49. The van der Waals surface area contributed by atoms with Crippen molar-refractivity contribution in [2.24, 2.45) is 5.92 Å². The van der Waals surface area contributed by atoms with Crippen LogP contribution in [0.2, 0.25) is 0 Å². The van der Waals surface area contributed by atoms with Gasteiger partial charge in [0.05, 0.1) is 12.9 Å². The van der Waals surface area contributed by atoms with Gasteiger partial charge in [0.25, 0.3) is 0 Å². The first-order valence-electron chi connectivity index (χ1n) is 6.79. The van der Waals surface area contributed by atoms with Gasteiger partial charge < -0.3 is 20.3 Å². The molecule has 1 fully saturated rings. The van der Waals surface area contributed by atoms with Gasteiger partial charge >= 0.3 is 12.0 Å². The molecule has 1 unspecified atom stereocenters. The molecular formula is C14H18N4O3. The summed E-state index contributed by atoms with van der Waals surface area (Å²) in [6, 6.07) is -1.45. The number of carboxylic acid groups (broad SMARTS) is 1. The summed E-state index contributed by atoms with van der Waals surface area (Å²) in [6.07, 6.45) is 10.6. The lowest BCUT2D eigenvalue weighted by atomic mass is 10.1. The van der Waals surface area contributed by atoms with Crippen LogP contribution in [-0.4, -0.2) is 51.1 Å². The molecule has 21 heavy (non-hydrogen) atoms. The van der Waals surface area contributed by atoms with E-state index in [1.165, 1.54) is 17.4 Å². The third-order valence-corrected chi connectivity index (χ3v) is 3.32. The molecule has 112 valence electrons. The topological polar surface area (TPSA) is 98.3 Å². The van der Waals surface area contributed by atoms with E-state index in [1.54, 1.807) is 0 Å². The lowest BCUT2D eigenvalue weighted by Gasteiger charge is -2.23. The number of aromatic nitrogens is 2. The Bertz CT molecular complexity index is 531. The minimum Gasteiger partial charge on any atom is -0.480 e. The van der Waals surface area contributed by atoms with E-state index in [1.807, 2.05) is 0 Å². The number of rotatable bonds is 7. The summed E-state index contributed by atoms with van der Waals surface area (Å²) in [5.74, 6) is 1.82. The first-order chi connectivity index (χ1) is 10.1. The summed E-state index contributed by atoms with van der Waals surface area (Å²) >= 11 is 0. The third kappa shape index (κ3) is 4.53. The molecule has 1 aliphatic carbocycles. The lowest BCUT2D eigenvalue weighted by Crippen LogP contribution is -2.49. The summed E-state index contributed by atoms with van der Waals surface area (Å²) in [7, 11) is 0. The number of imidazole rings is 1. The molecule has 0 aromatic carbocycles. The van der Waals surface area contributed by atoms with Crippen molar-refractivity contribution in [2.45, 2.75) is 25.3 Å². The van der Waals surface area contributed by atoms with Gasteiger partial charge in [0.15, 0.2) is 0 Å². The summed E-state index contributed by atoms with van der Waals surface area (Å²) < 4.78 is 0. The van der Waals surface area contributed by atoms with Crippen LogP contribution in [0.1, 0.15) is 18.5 Å². The van der Waals surface area contributed by atoms with Gasteiger partial charge in [0.2, 0.25) is 0 Å². The van der Waals surface area contributed by atoms with Gasteiger partial charge in [-0.25, -0.2) is 14.6 Å². The van der Waals surface area contributed by atoms with Gasteiger partial charge in [-0.2, -0.15) is 0 Å². The molecule has 0 spiro atoms. The third-order valence-electron chi connectivity index (χ3n) is 3.32. The molecule has 1 aromatic rings. The fourth-order valence-electron chi connectivity index (χ4n) is 2.00. The molecule has 2 rings (SSSR count). The van der Waals surface area contributed by atoms with Crippen LogP contribution in [-0.2, 0) is 11.2 Å². The highest BCUT2D eigenvalue weighted by molar-refractivity contribution is 5.83. The van der Waals surface area contributed by atoms with E-state index in [2.05, 4.69) is 21.2 Å². The number of carboxylic acids is 1. The van der Waals surface area contributed by atoms with Gasteiger partial charge in [0.1, 0.15) is 6.04 Å². The molecule has 1 heterocycles. The van der Waals surface area contributed by atoms with E-state index in [-0.39, 0.29) is 13.0 Å². The molecule has 7 heteroatoms. The van der Waals surface area contributed by atoms with E-state index in [9.17, 15) is 14.7 Å². The van der Waals surface area contributed by atoms with Crippen LogP contribution >= 0.6 is 0 Å². The molecule has 0 bridgehead atoms.